The Kier molecular flexibility index (Phi) is 18.4. The summed E-state index contributed by atoms with van der Waals surface area (Å²) in [7, 11) is 0. The zero-order chi connectivity index (χ0) is 10.5. The normalized spacial score (nSPS) is 10.5. The summed E-state index contributed by atoms with van der Waals surface area (Å²) in [5.41, 5.74) is 0. The van der Waals surface area contributed by atoms with Crippen LogP contribution in [-0.2, 0) is 0 Å². The summed E-state index contributed by atoms with van der Waals surface area (Å²) in [4.78, 5) is 0. The van der Waals surface area contributed by atoms with Crippen molar-refractivity contribution in [2.45, 2.75) is 78.1 Å². The van der Waals surface area contributed by atoms with Crippen molar-refractivity contribution in [2.75, 3.05) is 0 Å². The number of unbranched alkanes of at least 4 members (excludes halogenated alkanes) is 8. The fraction of sp³-hybridized carbons (Fsp3) is 0.857. The van der Waals surface area contributed by atoms with E-state index in [-0.39, 0.29) is 5.48 Å². The summed E-state index contributed by atoms with van der Waals surface area (Å²) < 4.78 is 0. The second-order valence-corrected chi connectivity index (χ2v) is 4.17. The van der Waals surface area contributed by atoms with E-state index in [0.29, 0.717) is 0 Å². The van der Waals surface area contributed by atoms with Crippen LogP contribution in [0.5, 0.6) is 0 Å². The standard InChI is InChI=1S/C14H28.H2O/c1-3-5-7-9-11-13-14-12-10-8-6-4-2;/h9,11H,3-8,10,12-14H2,1-2H3;1H2/b11-9-;. The molecule has 0 rings (SSSR count). The number of hydrogen-bond acceptors (Lipinski definition) is 0. The van der Waals surface area contributed by atoms with E-state index in [1.165, 1.54) is 64.2 Å². The number of rotatable bonds is 10. The molecule has 0 aliphatic heterocycles. The lowest BCUT2D eigenvalue weighted by Crippen LogP contribution is -1.77. The highest BCUT2D eigenvalue weighted by Crippen LogP contribution is 2.07. The molecule has 0 aliphatic rings. The van der Waals surface area contributed by atoms with Crippen LogP contribution in [0.25, 0.3) is 0 Å². The molecule has 0 unspecified atom stereocenters. The molecule has 0 spiro atoms. The Balaban J connectivity index is 0. The molecule has 0 saturated carbocycles. The molecule has 92 valence electrons. The topological polar surface area (TPSA) is 31.5 Å². The van der Waals surface area contributed by atoms with Crippen molar-refractivity contribution in [1.82, 2.24) is 0 Å². The molecule has 0 aromatic rings. The van der Waals surface area contributed by atoms with Crippen molar-refractivity contribution in [3.05, 3.63) is 12.2 Å². The van der Waals surface area contributed by atoms with Gasteiger partial charge in [-0.3, -0.25) is 0 Å². The molecule has 1 nitrogen and oxygen atoms in total. The van der Waals surface area contributed by atoms with Gasteiger partial charge in [0, 0.05) is 0 Å². The molecule has 0 bridgehead atoms. The summed E-state index contributed by atoms with van der Waals surface area (Å²) in [5, 5.41) is 0. The molecular weight excluding hydrogens is 184 g/mol. The Hall–Kier alpha value is -0.300. The van der Waals surface area contributed by atoms with Crippen LogP contribution in [0, 0.1) is 0 Å². The van der Waals surface area contributed by atoms with E-state index >= 15 is 0 Å². The largest absolute Gasteiger partial charge is 0.412 e. The zero-order valence-electron chi connectivity index (χ0n) is 10.7. The van der Waals surface area contributed by atoms with Gasteiger partial charge in [-0.2, -0.15) is 0 Å². The van der Waals surface area contributed by atoms with Gasteiger partial charge in [0.1, 0.15) is 0 Å². The smallest absolute Gasteiger partial charge is 0.0351 e. The first-order chi connectivity index (χ1) is 6.91. The molecular formula is C14H30O. The first-order valence-electron chi connectivity index (χ1n) is 6.56. The van der Waals surface area contributed by atoms with Crippen LogP contribution in [0.1, 0.15) is 78.1 Å². The lowest BCUT2D eigenvalue weighted by atomic mass is 10.1. The number of hydrogen-bond donors (Lipinski definition) is 0. The van der Waals surface area contributed by atoms with Gasteiger partial charge in [0.05, 0.1) is 0 Å². The van der Waals surface area contributed by atoms with Crippen LogP contribution in [0.2, 0.25) is 0 Å². The van der Waals surface area contributed by atoms with Gasteiger partial charge >= 0.3 is 0 Å². The lowest BCUT2D eigenvalue weighted by Gasteiger charge is -1.97. The molecule has 15 heavy (non-hydrogen) atoms. The van der Waals surface area contributed by atoms with Crippen molar-refractivity contribution >= 4 is 0 Å². The zero-order valence-corrected chi connectivity index (χ0v) is 10.7. The third-order valence-electron chi connectivity index (χ3n) is 2.62. The van der Waals surface area contributed by atoms with E-state index in [1.807, 2.05) is 0 Å². The van der Waals surface area contributed by atoms with Crippen LogP contribution < -0.4 is 0 Å². The average Bonchev–Trinajstić information content (AvgIpc) is 2.21. The average molecular weight is 214 g/mol. The highest BCUT2D eigenvalue weighted by Gasteiger charge is 1.87. The fourth-order valence-corrected chi connectivity index (χ4v) is 1.60. The third-order valence-corrected chi connectivity index (χ3v) is 2.62. The molecule has 0 aliphatic carbocycles. The van der Waals surface area contributed by atoms with E-state index in [0.717, 1.165) is 0 Å². The van der Waals surface area contributed by atoms with Crippen molar-refractivity contribution < 1.29 is 5.48 Å². The molecule has 0 fully saturated rings. The molecule has 0 saturated heterocycles. The maximum Gasteiger partial charge on any atom is -0.0351 e. The van der Waals surface area contributed by atoms with Crippen molar-refractivity contribution in [1.29, 1.82) is 0 Å². The third kappa shape index (κ3) is 16.4. The molecule has 0 amide bonds. The van der Waals surface area contributed by atoms with Gasteiger partial charge in [0.2, 0.25) is 0 Å². The summed E-state index contributed by atoms with van der Waals surface area (Å²) in [6, 6.07) is 0. The first-order valence-corrected chi connectivity index (χ1v) is 6.56. The second kappa shape index (κ2) is 16.1. The fourth-order valence-electron chi connectivity index (χ4n) is 1.60. The maximum absolute atomic E-state index is 2.37. The Morgan fingerprint density at radius 1 is 0.600 bits per heavy atom. The minimum Gasteiger partial charge on any atom is -0.412 e. The Morgan fingerprint density at radius 3 is 1.67 bits per heavy atom. The Bertz CT molecular complexity index is 119. The predicted octanol–water partition coefficient (Wildman–Crippen LogP) is 4.66. The lowest BCUT2D eigenvalue weighted by molar-refractivity contribution is 0.611. The Morgan fingerprint density at radius 2 is 1.07 bits per heavy atom. The van der Waals surface area contributed by atoms with Crippen LogP contribution >= 0.6 is 0 Å². The van der Waals surface area contributed by atoms with Crippen molar-refractivity contribution in [3.63, 3.8) is 0 Å². The summed E-state index contributed by atoms with van der Waals surface area (Å²) in [5.74, 6) is 0. The van der Waals surface area contributed by atoms with Gasteiger partial charge in [-0.15, -0.1) is 0 Å². The molecule has 0 heterocycles. The van der Waals surface area contributed by atoms with Gasteiger partial charge in [-0.1, -0.05) is 70.9 Å². The summed E-state index contributed by atoms with van der Waals surface area (Å²) in [6.07, 6.45) is 18.5. The van der Waals surface area contributed by atoms with Gasteiger partial charge in [-0.25, -0.2) is 0 Å². The quantitative estimate of drug-likeness (QED) is 0.374. The highest BCUT2D eigenvalue weighted by molar-refractivity contribution is 4.80. The van der Waals surface area contributed by atoms with Crippen LogP contribution in [0.3, 0.4) is 0 Å². The molecule has 0 aromatic carbocycles. The summed E-state index contributed by atoms with van der Waals surface area (Å²) >= 11 is 0. The molecule has 0 aromatic heterocycles. The van der Waals surface area contributed by atoms with Crippen LogP contribution in [-0.4, -0.2) is 5.48 Å². The molecule has 0 atom stereocenters. The van der Waals surface area contributed by atoms with Crippen molar-refractivity contribution in [3.8, 4) is 0 Å². The minimum atomic E-state index is 0. The second-order valence-electron chi connectivity index (χ2n) is 4.17. The van der Waals surface area contributed by atoms with E-state index in [9.17, 15) is 0 Å². The van der Waals surface area contributed by atoms with E-state index in [4.69, 9.17) is 0 Å². The van der Waals surface area contributed by atoms with Crippen molar-refractivity contribution in [2.24, 2.45) is 0 Å². The van der Waals surface area contributed by atoms with Gasteiger partial charge < -0.3 is 5.48 Å². The predicted molar refractivity (Wildman–Crippen MR) is 70.3 cm³/mol. The van der Waals surface area contributed by atoms with Gasteiger partial charge in [-0.05, 0) is 19.3 Å². The van der Waals surface area contributed by atoms with Crippen LogP contribution in [0.4, 0.5) is 0 Å². The SMILES string of the molecule is CCCC/C=C\CCCCCCCC.O. The van der Waals surface area contributed by atoms with E-state index in [1.54, 1.807) is 0 Å². The monoisotopic (exact) mass is 214 g/mol. The van der Waals surface area contributed by atoms with E-state index < -0.39 is 0 Å². The molecule has 2 N–H and O–H groups in total. The number of allylic oxidation sites excluding steroid dienone is 2. The van der Waals surface area contributed by atoms with Crippen LogP contribution in [0.15, 0.2) is 12.2 Å². The van der Waals surface area contributed by atoms with Gasteiger partial charge in [0.25, 0.3) is 0 Å². The van der Waals surface area contributed by atoms with E-state index in [2.05, 4.69) is 26.0 Å². The Labute approximate surface area is 96.3 Å². The molecule has 0 radical (unpaired) electrons. The minimum absolute atomic E-state index is 0. The maximum atomic E-state index is 2.37. The van der Waals surface area contributed by atoms with Gasteiger partial charge in [0.15, 0.2) is 0 Å². The molecule has 1 heteroatoms. The highest BCUT2D eigenvalue weighted by atomic mass is 16.0. The summed E-state index contributed by atoms with van der Waals surface area (Å²) in [6.45, 7) is 4.53. The first kappa shape index (κ1) is 17.1.